The minimum atomic E-state index is -1.01. The highest BCUT2D eigenvalue weighted by Crippen LogP contribution is 2.29. The number of aliphatic hydroxyl groups excluding tert-OH is 1. The molecule has 1 aliphatic rings. The minimum Gasteiger partial charge on any atom is -0.444 e. The number of halogens is 1. The molecular weight excluding hydrogens is 390 g/mol. The summed E-state index contributed by atoms with van der Waals surface area (Å²) in [6, 6.07) is 9.21. The fourth-order valence-electron chi connectivity index (χ4n) is 2.42. The van der Waals surface area contributed by atoms with E-state index in [-0.39, 0.29) is 24.7 Å². The largest absolute Gasteiger partial charge is 0.444 e. The number of aliphatic hydroxyl groups is 1. The number of hydrogen-bond acceptors (Lipinski definition) is 5. The van der Waals surface area contributed by atoms with Gasteiger partial charge in [-0.15, -0.1) is 0 Å². The predicted molar refractivity (Wildman–Crippen MR) is 97.5 cm³/mol. The maximum absolute atomic E-state index is 12.0. The van der Waals surface area contributed by atoms with E-state index < -0.39 is 18.0 Å². The fourth-order valence-corrected chi connectivity index (χ4v) is 2.94. The summed E-state index contributed by atoms with van der Waals surface area (Å²) in [4.78, 5) is 12.0. The number of benzene rings is 1. The molecular formula is C18H26BrNO5. The average molecular weight is 416 g/mol. The van der Waals surface area contributed by atoms with Crippen LogP contribution in [0.4, 0.5) is 4.79 Å². The lowest BCUT2D eigenvalue weighted by Crippen LogP contribution is -2.44. The zero-order valence-electron chi connectivity index (χ0n) is 14.8. The average Bonchev–Trinajstić information content (AvgIpc) is 3.31. The standard InChI is InChI=1S/C18H26BrNO5/c1-18(2,3)25-17(22)20-13(16-14(10-19)24-16)9-15(21)23-11-12-7-5-4-6-8-12/h4-8,13-16,21H,9-11H2,1-3H3,(H,20,22)/t13-,14?,15?,16?/m0/s1. The molecule has 140 valence electrons. The SMILES string of the molecule is CC(C)(C)OC(=O)N[C@@H](CC(O)OCc1ccccc1)C1OC1CBr. The number of epoxide rings is 1. The van der Waals surface area contributed by atoms with Crippen molar-refractivity contribution in [1.29, 1.82) is 0 Å². The number of ether oxygens (including phenoxy) is 3. The van der Waals surface area contributed by atoms with Crippen molar-refractivity contribution in [2.45, 2.75) is 63.9 Å². The van der Waals surface area contributed by atoms with Crippen LogP contribution in [0.5, 0.6) is 0 Å². The van der Waals surface area contributed by atoms with Gasteiger partial charge in [0.15, 0.2) is 6.29 Å². The molecule has 1 aromatic carbocycles. The summed E-state index contributed by atoms with van der Waals surface area (Å²) < 4.78 is 16.3. The number of carbonyl (C=O) groups is 1. The third-order valence-electron chi connectivity index (χ3n) is 3.61. The number of alkyl carbamates (subject to hydrolysis) is 1. The van der Waals surface area contributed by atoms with Gasteiger partial charge in [0.05, 0.1) is 18.8 Å². The molecule has 1 fully saturated rings. The molecule has 3 unspecified atom stereocenters. The van der Waals surface area contributed by atoms with E-state index >= 15 is 0 Å². The minimum absolute atomic E-state index is 0.0151. The number of rotatable bonds is 8. The highest BCUT2D eigenvalue weighted by molar-refractivity contribution is 9.09. The predicted octanol–water partition coefficient (Wildman–Crippen LogP) is 2.97. The van der Waals surface area contributed by atoms with Gasteiger partial charge in [-0.05, 0) is 26.3 Å². The molecule has 1 aromatic rings. The van der Waals surface area contributed by atoms with Crippen LogP contribution in [0.25, 0.3) is 0 Å². The van der Waals surface area contributed by atoms with E-state index in [2.05, 4.69) is 21.2 Å². The monoisotopic (exact) mass is 415 g/mol. The van der Waals surface area contributed by atoms with E-state index in [4.69, 9.17) is 14.2 Å². The van der Waals surface area contributed by atoms with E-state index in [1.54, 1.807) is 20.8 Å². The van der Waals surface area contributed by atoms with Gasteiger partial charge in [-0.2, -0.15) is 0 Å². The van der Waals surface area contributed by atoms with E-state index in [9.17, 15) is 9.90 Å². The summed E-state index contributed by atoms with van der Waals surface area (Å²) in [7, 11) is 0. The first-order valence-electron chi connectivity index (χ1n) is 8.33. The lowest BCUT2D eigenvalue weighted by Gasteiger charge is -2.24. The molecule has 2 N–H and O–H groups in total. The van der Waals surface area contributed by atoms with Gasteiger partial charge >= 0.3 is 6.09 Å². The van der Waals surface area contributed by atoms with Gasteiger partial charge in [0, 0.05) is 11.8 Å². The smallest absolute Gasteiger partial charge is 0.407 e. The molecule has 1 saturated heterocycles. The van der Waals surface area contributed by atoms with Crippen molar-refractivity contribution in [2.24, 2.45) is 0 Å². The Morgan fingerprint density at radius 3 is 2.60 bits per heavy atom. The molecule has 7 heteroatoms. The summed E-state index contributed by atoms with van der Waals surface area (Å²) in [5.74, 6) is 0. The van der Waals surface area contributed by atoms with E-state index in [0.29, 0.717) is 11.9 Å². The molecule has 0 aromatic heterocycles. The van der Waals surface area contributed by atoms with Crippen molar-refractivity contribution in [2.75, 3.05) is 5.33 Å². The van der Waals surface area contributed by atoms with E-state index in [1.165, 1.54) is 0 Å². The number of amides is 1. The zero-order valence-corrected chi connectivity index (χ0v) is 16.4. The highest BCUT2D eigenvalue weighted by Gasteiger charge is 2.45. The summed E-state index contributed by atoms with van der Waals surface area (Å²) in [6.45, 7) is 5.70. The molecule has 0 saturated carbocycles. The van der Waals surface area contributed by atoms with Crippen LogP contribution in [-0.2, 0) is 20.8 Å². The van der Waals surface area contributed by atoms with Gasteiger partial charge in [-0.3, -0.25) is 0 Å². The van der Waals surface area contributed by atoms with Gasteiger partial charge in [-0.25, -0.2) is 4.79 Å². The Hall–Kier alpha value is -1.15. The normalized spacial score (nSPS) is 22.1. The molecule has 1 heterocycles. The Morgan fingerprint density at radius 1 is 1.36 bits per heavy atom. The van der Waals surface area contributed by atoms with Gasteiger partial charge in [0.25, 0.3) is 0 Å². The molecule has 25 heavy (non-hydrogen) atoms. The fraction of sp³-hybridized carbons (Fsp3) is 0.611. The van der Waals surface area contributed by atoms with Crippen LogP contribution in [0.2, 0.25) is 0 Å². The van der Waals surface area contributed by atoms with Gasteiger partial charge in [-0.1, -0.05) is 46.3 Å². The molecule has 1 amide bonds. The molecule has 0 aliphatic carbocycles. The topological polar surface area (TPSA) is 80.3 Å². The van der Waals surface area contributed by atoms with E-state index in [0.717, 1.165) is 5.56 Å². The first kappa shape index (κ1) is 20.2. The number of carbonyl (C=O) groups excluding carboxylic acids is 1. The Bertz CT molecular complexity index is 548. The molecule has 2 rings (SSSR count). The first-order valence-corrected chi connectivity index (χ1v) is 9.45. The van der Waals surface area contributed by atoms with Gasteiger partial charge in [0.1, 0.15) is 11.7 Å². The van der Waals surface area contributed by atoms with Crippen LogP contribution in [0.3, 0.4) is 0 Å². The third kappa shape index (κ3) is 7.32. The second-order valence-electron chi connectivity index (χ2n) is 7.03. The van der Waals surface area contributed by atoms with Crippen LogP contribution in [0.15, 0.2) is 30.3 Å². The maximum atomic E-state index is 12.0. The second kappa shape index (κ2) is 8.98. The Labute approximate surface area is 157 Å². The van der Waals surface area contributed by atoms with Crippen molar-refractivity contribution in [1.82, 2.24) is 5.32 Å². The molecule has 0 radical (unpaired) electrons. The van der Waals surface area contributed by atoms with Crippen molar-refractivity contribution >= 4 is 22.0 Å². The molecule has 1 aliphatic heterocycles. The lowest BCUT2D eigenvalue weighted by molar-refractivity contribution is -0.117. The maximum Gasteiger partial charge on any atom is 0.407 e. The van der Waals surface area contributed by atoms with Crippen molar-refractivity contribution in [3.63, 3.8) is 0 Å². The number of nitrogens with one attached hydrogen (secondary N) is 1. The first-order chi connectivity index (χ1) is 11.8. The van der Waals surface area contributed by atoms with Gasteiger partial charge in [0.2, 0.25) is 0 Å². The van der Waals surface area contributed by atoms with Crippen LogP contribution >= 0.6 is 15.9 Å². The van der Waals surface area contributed by atoms with Crippen LogP contribution in [0, 0.1) is 0 Å². The molecule has 0 bridgehead atoms. The molecule has 0 spiro atoms. The van der Waals surface area contributed by atoms with Crippen molar-refractivity contribution in [3.8, 4) is 0 Å². The van der Waals surface area contributed by atoms with Crippen LogP contribution in [-0.4, -0.2) is 46.7 Å². The molecule has 6 nitrogen and oxygen atoms in total. The Morgan fingerprint density at radius 2 is 2.04 bits per heavy atom. The highest BCUT2D eigenvalue weighted by atomic mass is 79.9. The summed E-state index contributed by atoms with van der Waals surface area (Å²) in [5, 5.41) is 13.6. The van der Waals surface area contributed by atoms with Crippen molar-refractivity contribution < 1.29 is 24.1 Å². The second-order valence-corrected chi connectivity index (χ2v) is 7.68. The number of alkyl halides is 1. The molecule has 4 atom stereocenters. The van der Waals surface area contributed by atoms with Crippen LogP contribution in [0.1, 0.15) is 32.8 Å². The summed E-state index contributed by atoms with van der Waals surface area (Å²) >= 11 is 3.36. The van der Waals surface area contributed by atoms with E-state index in [1.807, 2.05) is 30.3 Å². The summed E-state index contributed by atoms with van der Waals surface area (Å²) in [6.07, 6.45) is -1.47. The zero-order chi connectivity index (χ0) is 18.4. The Balaban J connectivity index is 1.86. The van der Waals surface area contributed by atoms with Crippen LogP contribution < -0.4 is 5.32 Å². The van der Waals surface area contributed by atoms with Gasteiger partial charge < -0.3 is 24.6 Å². The Kier molecular flexibility index (Phi) is 7.25. The summed E-state index contributed by atoms with van der Waals surface area (Å²) in [5.41, 5.74) is 0.384. The number of hydrogen-bond donors (Lipinski definition) is 2. The third-order valence-corrected chi connectivity index (χ3v) is 4.25. The quantitative estimate of drug-likeness (QED) is 0.387. The van der Waals surface area contributed by atoms with Crippen molar-refractivity contribution in [3.05, 3.63) is 35.9 Å². The lowest BCUT2D eigenvalue weighted by atomic mass is 10.1.